The number of carbonyl (C=O) groups is 2. The van der Waals surface area contributed by atoms with Crippen molar-refractivity contribution < 1.29 is 14.3 Å². The molecule has 1 atom stereocenters. The van der Waals surface area contributed by atoms with Crippen LogP contribution in [-0.4, -0.2) is 17.8 Å². The second-order valence-electron chi connectivity index (χ2n) is 5.55. The topological polar surface area (TPSA) is 55.4 Å². The summed E-state index contributed by atoms with van der Waals surface area (Å²) in [5, 5.41) is 3.45. The summed E-state index contributed by atoms with van der Waals surface area (Å²) < 4.78 is 5.69. The van der Waals surface area contributed by atoms with Gasteiger partial charge >= 0.3 is 0 Å². The zero-order valence-electron chi connectivity index (χ0n) is 13.1. The fraction of sp³-hybridized carbons (Fsp3) is 0.158. The van der Waals surface area contributed by atoms with E-state index in [0.717, 1.165) is 11.1 Å². The third kappa shape index (κ3) is 3.66. The number of nitrogens with one attached hydrogen (secondary N) is 1. The standard InChI is InChI=1S/C19H16ClNO3/c1-12(22)14-4-2-3-13(9-14)11-21-19(23)18-7-5-15-10-16(20)6-8-17(15)24-18/h2-10,18H,11H2,1H3,(H,21,23). The molecule has 1 heterocycles. The van der Waals surface area contributed by atoms with E-state index in [1.807, 2.05) is 12.1 Å². The Labute approximate surface area is 145 Å². The van der Waals surface area contributed by atoms with Gasteiger partial charge in [-0.25, -0.2) is 0 Å². The number of carbonyl (C=O) groups excluding carboxylic acids is 2. The van der Waals surface area contributed by atoms with Crippen molar-refractivity contribution in [3.05, 3.63) is 70.3 Å². The van der Waals surface area contributed by atoms with E-state index in [1.54, 1.807) is 42.5 Å². The molecule has 2 aromatic carbocycles. The molecule has 24 heavy (non-hydrogen) atoms. The summed E-state index contributed by atoms with van der Waals surface area (Å²) in [6.07, 6.45) is 2.83. The molecule has 4 nitrogen and oxygen atoms in total. The summed E-state index contributed by atoms with van der Waals surface area (Å²) in [5.41, 5.74) is 2.34. The van der Waals surface area contributed by atoms with Crippen molar-refractivity contribution in [3.63, 3.8) is 0 Å². The monoisotopic (exact) mass is 341 g/mol. The molecule has 0 radical (unpaired) electrons. The minimum atomic E-state index is -0.685. The lowest BCUT2D eigenvalue weighted by atomic mass is 10.1. The number of hydrogen-bond donors (Lipinski definition) is 1. The molecule has 0 fully saturated rings. The van der Waals surface area contributed by atoms with Gasteiger partial charge in [-0.05, 0) is 42.8 Å². The van der Waals surface area contributed by atoms with Crippen LogP contribution in [0.2, 0.25) is 5.02 Å². The minimum Gasteiger partial charge on any atom is -0.476 e. The predicted octanol–water partition coefficient (Wildman–Crippen LogP) is 3.63. The fourth-order valence-electron chi connectivity index (χ4n) is 2.45. The Kier molecular flexibility index (Phi) is 4.67. The van der Waals surface area contributed by atoms with Crippen LogP contribution in [0, 0.1) is 0 Å². The number of fused-ring (bicyclic) bond motifs is 1. The van der Waals surface area contributed by atoms with Crippen LogP contribution in [0.25, 0.3) is 6.08 Å². The van der Waals surface area contributed by atoms with Crippen LogP contribution in [0.5, 0.6) is 5.75 Å². The second-order valence-corrected chi connectivity index (χ2v) is 5.99. The number of Topliss-reactive ketones (excluding diaryl/α,β-unsaturated/α-hetero) is 1. The van der Waals surface area contributed by atoms with Crippen molar-refractivity contribution in [2.45, 2.75) is 19.6 Å². The van der Waals surface area contributed by atoms with Gasteiger partial charge in [0.2, 0.25) is 0 Å². The molecular weight excluding hydrogens is 326 g/mol. The highest BCUT2D eigenvalue weighted by molar-refractivity contribution is 6.30. The lowest BCUT2D eigenvalue weighted by Crippen LogP contribution is -2.37. The third-order valence-electron chi connectivity index (χ3n) is 3.74. The fourth-order valence-corrected chi connectivity index (χ4v) is 2.64. The number of ether oxygens (including phenoxy) is 1. The number of ketones is 1. The number of halogens is 1. The summed E-state index contributed by atoms with van der Waals surface area (Å²) in [6.45, 7) is 1.85. The molecule has 3 rings (SSSR count). The number of benzene rings is 2. The molecule has 0 spiro atoms. The van der Waals surface area contributed by atoms with Crippen molar-refractivity contribution in [1.29, 1.82) is 0 Å². The van der Waals surface area contributed by atoms with Gasteiger partial charge in [-0.15, -0.1) is 0 Å². The highest BCUT2D eigenvalue weighted by Crippen LogP contribution is 2.28. The highest BCUT2D eigenvalue weighted by Gasteiger charge is 2.21. The van der Waals surface area contributed by atoms with Crippen LogP contribution in [-0.2, 0) is 11.3 Å². The number of rotatable bonds is 4. The SMILES string of the molecule is CC(=O)c1cccc(CNC(=O)C2C=Cc3cc(Cl)ccc3O2)c1. The molecule has 2 aromatic rings. The minimum absolute atomic E-state index is 0.00279. The van der Waals surface area contributed by atoms with E-state index in [9.17, 15) is 9.59 Å². The first kappa shape index (κ1) is 16.3. The molecule has 0 aliphatic carbocycles. The first-order chi connectivity index (χ1) is 11.5. The van der Waals surface area contributed by atoms with E-state index in [2.05, 4.69) is 5.32 Å². The largest absolute Gasteiger partial charge is 0.476 e. The molecular formula is C19H16ClNO3. The van der Waals surface area contributed by atoms with Crippen molar-refractivity contribution in [3.8, 4) is 5.75 Å². The van der Waals surface area contributed by atoms with Crippen LogP contribution in [0.3, 0.4) is 0 Å². The van der Waals surface area contributed by atoms with E-state index in [-0.39, 0.29) is 11.7 Å². The molecule has 5 heteroatoms. The Hall–Kier alpha value is -2.59. The van der Waals surface area contributed by atoms with Crippen molar-refractivity contribution >= 4 is 29.4 Å². The zero-order valence-corrected chi connectivity index (χ0v) is 13.8. The maximum Gasteiger partial charge on any atom is 0.265 e. The Bertz CT molecular complexity index is 829. The number of amides is 1. The molecule has 0 saturated heterocycles. The highest BCUT2D eigenvalue weighted by atomic mass is 35.5. The third-order valence-corrected chi connectivity index (χ3v) is 3.97. The molecule has 1 unspecified atom stereocenters. The lowest BCUT2D eigenvalue weighted by Gasteiger charge is -2.21. The maximum absolute atomic E-state index is 12.3. The Morgan fingerprint density at radius 3 is 2.83 bits per heavy atom. The molecule has 0 saturated carbocycles. The van der Waals surface area contributed by atoms with Crippen LogP contribution in [0.1, 0.15) is 28.4 Å². The van der Waals surface area contributed by atoms with E-state index < -0.39 is 6.10 Å². The van der Waals surface area contributed by atoms with Crippen LogP contribution < -0.4 is 10.1 Å². The van der Waals surface area contributed by atoms with Gasteiger partial charge in [-0.1, -0.05) is 35.9 Å². The van der Waals surface area contributed by atoms with Gasteiger partial charge in [0.05, 0.1) is 0 Å². The van der Waals surface area contributed by atoms with Gasteiger partial charge < -0.3 is 10.1 Å². The van der Waals surface area contributed by atoms with Gasteiger partial charge in [0.15, 0.2) is 11.9 Å². The predicted molar refractivity (Wildman–Crippen MR) is 93.2 cm³/mol. The molecule has 1 aliphatic rings. The van der Waals surface area contributed by atoms with Crippen LogP contribution in [0.15, 0.2) is 48.5 Å². The molecule has 122 valence electrons. The Morgan fingerprint density at radius 2 is 2.04 bits per heavy atom. The summed E-state index contributed by atoms with van der Waals surface area (Å²) in [5.74, 6) is 0.387. The average molecular weight is 342 g/mol. The van der Waals surface area contributed by atoms with Crippen LogP contribution in [0.4, 0.5) is 0 Å². The lowest BCUT2D eigenvalue weighted by molar-refractivity contribution is -0.126. The summed E-state index contributed by atoms with van der Waals surface area (Å²) >= 11 is 5.94. The first-order valence-electron chi connectivity index (χ1n) is 7.55. The summed E-state index contributed by atoms with van der Waals surface area (Å²) in [6, 6.07) is 12.4. The normalized spacial score (nSPS) is 15.3. The smallest absolute Gasteiger partial charge is 0.265 e. The van der Waals surface area contributed by atoms with Crippen LogP contribution >= 0.6 is 11.6 Å². The van der Waals surface area contributed by atoms with Gasteiger partial charge in [0, 0.05) is 22.7 Å². The molecule has 1 N–H and O–H groups in total. The van der Waals surface area contributed by atoms with Crippen molar-refractivity contribution in [2.24, 2.45) is 0 Å². The molecule has 1 aliphatic heterocycles. The van der Waals surface area contributed by atoms with Crippen molar-refractivity contribution in [1.82, 2.24) is 5.32 Å². The van der Waals surface area contributed by atoms with E-state index in [0.29, 0.717) is 22.9 Å². The quantitative estimate of drug-likeness (QED) is 0.864. The van der Waals surface area contributed by atoms with E-state index in [1.165, 1.54) is 6.92 Å². The van der Waals surface area contributed by atoms with Gasteiger partial charge in [-0.2, -0.15) is 0 Å². The Morgan fingerprint density at radius 1 is 1.21 bits per heavy atom. The number of hydrogen-bond acceptors (Lipinski definition) is 3. The maximum atomic E-state index is 12.3. The Balaban J connectivity index is 1.63. The van der Waals surface area contributed by atoms with Gasteiger partial charge in [-0.3, -0.25) is 9.59 Å². The molecule has 0 aromatic heterocycles. The van der Waals surface area contributed by atoms with Crippen molar-refractivity contribution in [2.75, 3.05) is 0 Å². The van der Waals surface area contributed by atoms with Gasteiger partial charge in [0.25, 0.3) is 5.91 Å². The molecule has 1 amide bonds. The van der Waals surface area contributed by atoms with Gasteiger partial charge in [0.1, 0.15) is 5.75 Å². The zero-order chi connectivity index (χ0) is 17.1. The van der Waals surface area contributed by atoms with E-state index in [4.69, 9.17) is 16.3 Å². The summed E-state index contributed by atoms with van der Waals surface area (Å²) in [7, 11) is 0. The summed E-state index contributed by atoms with van der Waals surface area (Å²) in [4.78, 5) is 23.7. The molecule has 0 bridgehead atoms. The first-order valence-corrected chi connectivity index (χ1v) is 7.93. The van der Waals surface area contributed by atoms with E-state index >= 15 is 0 Å². The second kappa shape index (κ2) is 6.89. The average Bonchev–Trinajstić information content (AvgIpc) is 2.59.